The molecule has 1 unspecified atom stereocenters. The maximum atomic E-state index is 12.7. The van der Waals surface area contributed by atoms with Crippen LogP contribution in [-0.4, -0.2) is 64.8 Å². The lowest BCUT2D eigenvalue weighted by molar-refractivity contribution is 0.190. The first kappa shape index (κ1) is 26.9. The molecule has 39 heavy (non-hydrogen) atoms. The molecule has 2 atom stereocenters. The number of benzene rings is 2. The quantitative estimate of drug-likeness (QED) is 0.266. The van der Waals surface area contributed by atoms with Crippen molar-refractivity contribution in [2.75, 3.05) is 25.6 Å². The SMILES string of the molecule is CC(CCO)S(=O)(=O)c1ccc(-c2cnc(N)c(-c3nnc(-c4ccc(CN[C@H]5CCOC5)cc4)o3)n2)cc1. The Morgan fingerprint density at radius 3 is 2.49 bits per heavy atom. The normalized spacial score (nSPS) is 16.4. The van der Waals surface area contributed by atoms with Crippen LogP contribution < -0.4 is 11.1 Å². The molecule has 2 aromatic heterocycles. The number of aliphatic hydroxyl groups excluding tert-OH is 1. The lowest BCUT2D eigenvalue weighted by Gasteiger charge is -2.12. The summed E-state index contributed by atoms with van der Waals surface area (Å²) in [6, 6.07) is 14.6. The molecule has 4 N–H and O–H groups in total. The van der Waals surface area contributed by atoms with Crippen molar-refractivity contribution in [3.8, 4) is 34.3 Å². The summed E-state index contributed by atoms with van der Waals surface area (Å²) in [6.45, 7) is 3.67. The van der Waals surface area contributed by atoms with Crippen LogP contribution >= 0.6 is 0 Å². The molecule has 12 heteroatoms. The van der Waals surface area contributed by atoms with Gasteiger partial charge in [-0.3, -0.25) is 0 Å². The summed E-state index contributed by atoms with van der Waals surface area (Å²) in [7, 11) is -3.55. The maximum Gasteiger partial charge on any atom is 0.270 e. The molecule has 0 spiro atoms. The van der Waals surface area contributed by atoms with Crippen LogP contribution in [0.15, 0.2) is 64.0 Å². The zero-order chi connectivity index (χ0) is 27.4. The van der Waals surface area contributed by atoms with Crippen molar-refractivity contribution in [3.05, 3.63) is 60.3 Å². The summed E-state index contributed by atoms with van der Waals surface area (Å²) in [5.41, 5.74) is 9.32. The molecule has 1 aliphatic rings. The van der Waals surface area contributed by atoms with Crippen molar-refractivity contribution in [3.63, 3.8) is 0 Å². The second-order valence-corrected chi connectivity index (χ2v) is 11.8. The summed E-state index contributed by atoms with van der Waals surface area (Å²) >= 11 is 0. The highest BCUT2D eigenvalue weighted by Gasteiger charge is 2.23. The average molecular weight is 551 g/mol. The number of aromatic nitrogens is 4. The van der Waals surface area contributed by atoms with Gasteiger partial charge in [0.05, 0.1) is 28.6 Å². The van der Waals surface area contributed by atoms with Gasteiger partial charge in [-0.2, -0.15) is 0 Å². The van der Waals surface area contributed by atoms with E-state index in [1.807, 2.05) is 24.3 Å². The van der Waals surface area contributed by atoms with Gasteiger partial charge in [0.1, 0.15) is 0 Å². The summed E-state index contributed by atoms with van der Waals surface area (Å²) in [5.74, 6) is 0.580. The monoisotopic (exact) mass is 550 g/mol. The van der Waals surface area contributed by atoms with Crippen molar-refractivity contribution in [2.45, 2.75) is 42.5 Å². The number of sulfone groups is 1. The van der Waals surface area contributed by atoms with Crippen molar-refractivity contribution < 1.29 is 22.7 Å². The van der Waals surface area contributed by atoms with Gasteiger partial charge in [-0.15, -0.1) is 10.2 Å². The molecular weight excluding hydrogens is 520 g/mol. The first-order valence-corrected chi connectivity index (χ1v) is 14.2. The van der Waals surface area contributed by atoms with E-state index >= 15 is 0 Å². The average Bonchev–Trinajstić information content (AvgIpc) is 3.66. The Hall–Kier alpha value is -3.71. The number of aliphatic hydroxyl groups is 1. The van der Waals surface area contributed by atoms with Gasteiger partial charge in [0.15, 0.2) is 21.3 Å². The molecule has 204 valence electrons. The van der Waals surface area contributed by atoms with Crippen LogP contribution in [-0.2, 0) is 21.1 Å². The predicted octanol–water partition coefficient (Wildman–Crippen LogP) is 2.87. The minimum absolute atomic E-state index is 0.126. The van der Waals surface area contributed by atoms with E-state index in [0.717, 1.165) is 37.3 Å². The molecular formula is C27H30N6O5S. The fourth-order valence-electron chi connectivity index (χ4n) is 4.24. The zero-order valence-corrected chi connectivity index (χ0v) is 22.3. The number of nitrogens with one attached hydrogen (secondary N) is 1. The maximum absolute atomic E-state index is 12.7. The third-order valence-electron chi connectivity index (χ3n) is 6.70. The second-order valence-electron chi connectivity index (χ2n) is 9.43. The third-order valence-corrected chi connectivity index (χ3v) is 8.92. The van der Waals surface area contributed by atoms with Gasteiger partial charge in [-0.05, 0) is 49.6 Å². The molecule has 0 aliphatic carbocycles. The fourth-order valence-corrected chi connectivity index (χ4v) is 5.63. The van der Waals surface area contributed by atoms with Gasteiger partial charge in [-0.1, -0.05) is 24.3 Å². The van der Waals surface area contributed by atoms with E-state index < -0.39 is 15.1 Å². The van der Waals surface area contributed by atoms with E-state index in [-0.39, 0.29) is 35.3 Å². The van der Waals surface area contributed by atoms with E-state index in [4.69, 9.17) is 20.0 Å². The topological polar surface area (TPSA) is 166 Å². The molecule has 1 saturated heterocycles. The molecule has 0 amide bonds. The Balaban J connectivity index is 1.32. The minimum Gasteiger partial charge on any atom is -0.414 e. The minimum atomic E-state index is -3.55. The number of nitrogens with zero attached hydrogens (tertiary/aromatic N) is 4. The molecule has 0 bridgehead atoms. The number of anilines is 1. The summed E-state index contributed by atoms with van der Waals surface area (Å²) in [5, 5.41) is 20.2. The van der Waals surface area contributed by atoms with Crippen molar-refractivity contribution >= 4 is 15.7 Å². The summed E-state index contributed by atoms with van der Waals surface area (Å²) < 4.78 is 36.7. The van der Waals surface area contributed by atoms with E-state index in [0.29, 0.717) is 23.2 Å². The molecule has 4 aromatic rings. The molecule has 1 aliphatic heterocycles. The van der Waals surface area contributed by atoms with Crippen LogP contribution in [0.3, 0.4) is 0 Å². The number of ether oxygens (including phenoxy) is 1. The third kappa shape index (κ3) is 5.98. The lowest BCUT2D eigenvalue weighted by Crippen LogP contribution is -2.28. The van der Waals surface area contributed by atoms with E-state index in [1.165, 1.54) is 18.3 Å². The van der Waals surface area contributed by atoms with Crippen LogP contribution in [0, 0.1) is 0 Å². The highest BCUT2D eigenvalue weighted by molar-refractivity contribution is 7.92. The largest absolute Gasteiger partial charge is 0.414 e. The zero-order valence-electron chi connectivity index (χ0n) is 21.4. The smallest absolute Gasteiger partial charge is 0.270 e. The van der Waals surface area contributed by atoms with Crippen LogP contribution in [0.2, 0.25) is 0 Å². The Morgan fingerprint density at radius 2 is 1.79 bits per heavy atom. The second kappa shape index (κ2) is 11.6. The Bertz CT molecular complexity index is 1520. The Morgan fingerprint density at radius 1 is 1.08 bits per heavy atom. The summed E-state index contributed by atoms with van der Waals surface area (Å²) in [4.78, 5) is 8.97. The molecule has 1 fully saturated rings. The van der Waals surface area contributed by atoms with Crippen molar-refractivity contribution in [2.24, 2.45) is 0 Å². The standard InChI is InChI=1S/C27H30N6O5S/c1-17(10-12-34)39(35,36)22-8-6-19(7-9-22)23-15-30-25(28)24(31-23)27-33-32-26(38-27)20-4-2-18(3-5-20)14-29-21-11-13-37-16-21/h2-9,15,17,21,29,34H,10-14,16H2,1H3,(H2,28,30)/t17?,21-/m0/s1. The molecule has 3 heterocycles. The van der Waals surface area contributed by atoms with Gasteiger partial charge in [-0.25, -0.2) is 18.4 Å². The molecule has 0 saturated carbocycles. The number of nitrogen functional groups attached to an aromatic ring is 1. The van der Waals surface area contributed by atoms with Crippen LogP contribution in [0.1, 0.15) is 25.3 Å². The van der Waals surface area contributed by atoms with Gasteiger partial charge < -0.3 is 25.3 Å². The molecule has 5 rings (SSSR count). The molecule has 2 aromatic carbocycles. The predicted molar refractivity (Wildman–Crippen MR) is 145 cm³/mol. The Labute approximate surface area is 226 Å². The highest BCUT2D eigenvalue weighted by atomic mass is 32.2. The van der Waals surface area contributed by atoms with Gasteiger partial charge in [0.2, 0.25) is 5.89 Å². The lowest BCUT2D eigenvalue weighted by atomic mass is 10.1. The van der Waals surface area contributed by atoms with E-state index in [2.05, 4.69) is 25.5 Å². The first-order valence-electron chi connectivity index (χ1n) is 12.7. The fraction of sp³-hybridized carbons (Fsp3) is 0.333. The van der Waals surface area contributed by atoms with E-state index in [1.54, 1.807) is 19.1 Å². The van der Waals surface area contributed by atoms with Gasteiger partial charge in [0.25, 0.3) is 5.89 Å². The Kier molecular flexibility index (Phi) is 7.98. The first-order chi connectivity index (χ1) is 18.8. The van der Waals surface area contributed by atoms with Crippen LogP contribution in [0.25, 0.3) is 34.3 Å². The summed E-state index contributed by atoms with van der Waals surface area (Å²) in [6.07, 6.45) is 2.69. The number of nitrogens with two attached hydrogens (primary N) is 1. The van der Waals surface area contributed by atoms with Gasteiger partial charge >= 0.3 is 0 Å². The number of hydrogen-bond acceptors (Lipinski definition) is 11. The highest BCUT2D eigenvalue weighted by Crippen LogP contribution is 2.29. The van der Waals surface area contributed by atoms with Gasteiger partial charge in [0, 0.05) is 36.9 Å². The number of hydrogen-bond donors (Lipinski definition) is 3. The van der Waals surface area contributed by atoms with Crippen molar-refractivity contribution in [1.29, 1.82) is 0 Å². The van der Waals surface area contributed by atoms with Crippen LogP contribution in [0.4, 0.5) is 5.82 Å². The van der Waals surface area contributed by atoms with E-state index in [9.17, 15) is 8.42 Å². The molecule has 11 nitrogen and oxygen atoms in total. The number of rotatable bonds is 10. The van der Waals surface area contributed by atoms with Crippen molar-refractivity contribution in [1.82, 2.24) is 25.5 Å². The van der Waals surface area contributed by atoms with Crippen LogP contribution in [0.5, 0.6) is 0 Å². The molecule has 0 radical (unpaired) electrons.